The fourth-order valence-corrected chi connectivity index (χ4v) is 2.04. The van der Waals surface area contributed by atoms with Crippen LogP contribution in [0.4, 0.5) is 0 Å². The number of nitrogens with zero attached hydrogens (tertiary/aromatic N) is 1. The molecule has 0 spiro atoms. The van der Waals surface area contributed by atoms with Crippen LogP contribution in [0.1, 0.15) is 39.1 Å². The van der Waals surface area contributed by atoms with Crippen molar-refractivity contribution in [3.8, 4) is 0 Å². The highest BCUT2D eigenvalue weighted by Gasteiger charge is 2.23. The molecule has 0 fully saturated rings. The first kappa shape index (κ1) is 12.6. The maximum Gasteiger partial charge on any atom is 0.112 e. The van der Waals surface area contributed by atoms with Gasteiger partial charge in [-0.2, -0.15) is 0 Å². The second kappa shape index (κ2) is 4.60. The molecule has 0 aliphatic rings. The summed E-state index contributed by atoms with van der Waals surface area (Å²) in [7, 11) is 0. The van der Waals surface area contributed by atoms with Crippen molar-refractivity contribution in [2.75, 3.05) is 6.54 Å². The standard InChI is InChI=1S/C11H21N3S/c1-10(2,12)5-6-14-11(3,4)9-13-7-8-15-9/h7-8,14H,5-6,12H2,1-4H3. The number of nitrogens with one attached hydrogen (secondary N) is 1. The molecule has 1 rings (SSSR count). The molecular weight excluding hydrogens is 206 g/mol. The lowest BCUT2D eigenvalue weighted by atomic mass is 10.0. The van der Waals surface area contributed by atoms with Gasteiger partial charge in [-0.3, -0.25) is 0 Å². The van der Waals surface area contributed by atoms with Gasteiger partial charge in [0.1, 0.15) is 5.01 Å². The second-order valence-corrected chi connectivity index (χ2v) is 6.02. The fourth-order valence-electron chi connectivity index (χ4n) is 1.30. The maximum atomic E-state index is 5.93. The van der Waals surface area contributed by atoms with Crippen molar-refractivity contribution in [3.63, 3.8) is 0 Å². The summed E-state index contributed by atoms with van der Waals surface area (Å²) in [6.07, 6.45) is 2.80. The van der Waals surface area contributed by atoms with Crippen molar-refractivity contribution in [1.82, 2.24) is 10.3 Å². The van der Waals surface area contributed by atoms with E-state index >= 15 is 0 Å². The molecule has 0 amide bonds. The Bertz CT molecular complexity index is 285. The van der Waals surface area contributed by atoms with Crippen LogP contribution in [0.3, 0.4) is 0 Å². The average molecular weight is 227 g/mol. The largest absolute Gasteiger partial charge is 0.326 e. The number of nitrogens with two attached hydrogens (primary N) is 1. The van der Waals surface area contributed by atoms with E-state index in [-0.39, 0.29) is 11.1 Å². The van der Waals surface area contributed by atoms with Gasteiger partial charge in [0.2, 0.25) is 0 Å². The summed E-state index contributed by atoms with van der Waals surface area (Å²) in [6, 6.07) is 0. The molecule has 1 aromatic rings. The van der Waals surface area contributed by atoms with Crippen molar-refractivity contribution >= 4 is 11.3 Å². The van der Waals surface area contributed by atoms with Crippen LogP contribution >= 0.6 is 11.3 Å². The van der Waals surface area contributed by atoms with E-state index < -0.39 is 0 Å². The van der Waals surface area contributed by atoms with E-state index in [9.17, 15) is 0 Å². The summed E-state index contributed by atoms with van der Waals surface area (Å²) in [5.41, 5.74) is 5.77. The first-order valence-electron chi connectivity index (χ1n) is 5.25. The Labute approximate surface area is 96.1 Å². The van der Waals surface area contributed by atoms with Crippen LogP contribution in [0.25, 0.3) is 0 Å². The summed E-state index contributed by atoms with van der Waals surface area (Å²) in [6.45, 7) is 9.30. The van der Waals surface area contributed by atoms with Gasteiger partial charge in [-0.05, 0) is 40.7 Å². The quantitative estimate of drug-likeness (QED) is 0.810. The van der Waals surface area contributed by atoms with Crippen LogP contribution in [-0.4, -0.2) is 17.1 Å². The molecule has 0 aliphatic carbocycles. The lowest BCUT2D eigenvalue weighted by molar-refractivity contribution is 0.364. The van der Waals surface area contributed by atoms with Gasteiger partial charge in [0.25, 0.3) is 0 Å². The zero-order chi connectivity index (χ0) is 11.5. The smallest absolute Gasteiger partial charge is 0.112 e. The number of rotatable bonds is 5. The number of hydrogen-bond donors (Lipinski definition) is 2. The first-order chi connectivity index (χ1) is 6.81. The maximum absolute atomic E-state index is 5.93. The Hall–Kier alpha value is -0.450. The number of aromatic nitrogens is 1. The molecule has 0 radical (unpaired) electrons. The van der Waals surface area contributed by atoms with Gasteiger partial charge >= 0.3 is 0 Å². The van der Waals surface area contributed by atoms with E-state index in [4.69, 9.17) is 5.73 Å². The van der Waals surface area contributed by atoms with Crippen LogP contribution in [0.2, 0.25) is 0 Å². The van der Waals surface area contributed by atoms with Crippen molar-refractivity contribution < 1.29 is 0 Å². The molecule has 0 aliphatic heterocycles. The lowest BCUT2D eigenvalue weighted by Crippen LogP contribution is -2.42. The lowest BCUT2D eigenvalue weighted by Gasteiger charge is -2.26. The summed E-state index contributed by atoms with van der Waals surface area (Å²) in [5, 5.41) is 6.61. The summed E-state index contributed by atoms with van der Waals surface area (Å²) in [5.74, 6) is 0. The highest BCUT2D eigenvalue weighted by molar-refractivity contribution is 7.09. The van der Waals surface area contributed by atoms with Crippen LogP contribution < -0.4 is 11.1 Å². The predicted octanol–water partition coefficient (Wildman–Crippen LogP) is 2.10. The molecule has 4 heteroatoms. The Balaban J connectivity index is 2.44. The Morgan fingerprint density at radius 1 is 1.40 bits per heavy atom. The number of hydrogen-bond acceptors (Lipinski definition) is 4. The van der Waals surface area contributed by atoms with Gasteiger partial charge in [-0.25, -0.2) is 4.98 Å². The third kappa shape index (κ3) is 4.28. The van der Waals surface area contributed by atoms with Crippen LogP contribution in [-0.2, 0) is 5.54 Å². The molecular formula is C11H21N3S. The molecule has 0 saturated carbocycles. The van der Waals surface area contributed by atoms with E-state index in [0.717, 1.165) is 18.0 Å². The highest BCUT2D eigenvalue weighted by atomic mass is 32.1. The molecule has 1 heterocycles. The van der Waals surface area contributed by atoms with E-state index in [1.807, 2.05) is 25.4 Å². The second-order valence-electron chi connectivity index (χ2n) is 5.13. The van der Waals surface area contributed by atoms with E-state index in [2.05, 4.69) is 24.1 Å². The molecule has 0 bridgehead atoms. The third-order valence-corrected chi connectivity index (χ3v) is 3.40. The molecule has 3 nitrogen and oxygen atoms in total. The van der Waals surface area contributed by atoms with E-state index in [1.165, 1.54) is 0 Å². The minimum atomic E-state index is -0.105. The predicted molar refractivity (Wildman–Crippen MR) is 66.0 cm³/mol. The van der Waals surface area contributed by atoms with Gasteiger partial charge < -0.3 is 11.1 Å². The molecule has 1 aromatic heterocycles. The summed E-state index contributed by atoms with van der Waals surface area (Å²) in [4.78, 5) is 4.33. The van der Waals surface area contributed by atoms with Crippen LogP contribution in [0, 0.1) is 0 Å². The summed E-state index contributed by atoms with van der Waals surface area (Å²) < 4.78 is 0. The molecule has 86 valence electrons. The molecule has 0 aromatic carbocycles. The molecule has 0 atom stereocenters. The van der Waals surface area contributed by atoms with Crippen LogP contribution in [0.15, 0.2) is 11.6 Å². The minimum Gasteiger partial charge on any atom is -0.326 e. The number of thiazole rings is 1. The van der Waals surface area contributed by atoms with Crippen molar-refractivity contribution in [1.29, 1.82) is 0 Å². The molecule has 3 N–H and O–H groups in total. The van der Waals surface area contributed by atoms with Gasteiger partial charge in [-0.1, -0.05) is 0 Å². The normalized spacial score (nSPS) is 13.1. The van der Waals surface area contributed by atoms with Gasteiger partial charge in [-0.15, -0.1) is 11.3 Å². The monoisotopic (exact) mass is 227 g/mol. The summed E-state index contributed by atoms with van der Waals surface area (Å²) >= 11 is 1.68. The zero-order valence-corrected chi connectivity index (χ0v) is 10.8. The van der Waals surface area contributed by atoms with Gasteiger partial charge in [0, 0.05) is 17.1 Å². The fraction of sp³-hybridized carbons (Fsp3) is 0.727. The van der Waals surface area contributed by atoms with Crippen LogP contribution in [0.5, 0.6) is 0 Å². The third-order valence-electron chi connectivity index (χ3n) is 2.30. The molecule has 0 saturated heterocycles. The van der Waals surface area contributed by atoms with E-state index in [1.54, 1.807) is 11.3 Å². The average Bonchev–Trinajstić information content (AvgIpc) is 2.52. The van der Waals surface area contributed by atoms with Crippen molar-refractivity contribution in [2.24, 2.45) is 5.73 Å². The Morgan fingerprint density at radius 3 is 2.53 bits per heavy atom. The van der Waals surface area contributed by atoms with Gasteiger partial charge in [0.05, 0.1) is 5.54 Å². The zero-order valence-electron chi connectivity index (χ0n) is 10.0. The van der Waals surface area contributed by atoms with E-state index in [0.29, 0.717) is 0 Å². The Kier molecular flexibility index (Phi) is 3.87. The highest BCUT2D eigenvalue weighted by Crippen LogP contribution is 2.22. The van der Waals surface area contributed by atoms with Gasteiger partial charge in [0.15, 0.2) is 0 Å². The van der Waals surface area contributed by atoms with Crippen molar-refractivity contribution in [3.05, 3.63) is 16.6 Å². The SMILES string of the molecule is CC(C)(N)CCNC(C)(C)c1nccs1. The first-order valence-corrected chi connectivity index (χ1v) is 6.13. The van der Waals surface area contributed by atoms with Crippen molar-refractivity contribution in [2.45, 2.75) is 45.2 Å². The molecule has 0 unspecified atom stereocenters. The minimum absolute atomic E-state index is 0.0561. The topological polar surface area (TPSA) is 50.9 Å². The molecule has 15 heavy (non-hydrogen) atoms. The Morgan fingerprint density at radius 2 is 2.07 bits per heavy atom.